The smallest absolute Gasteiger partial charge is 0.322 e. The normalized spacial score (nSPS) is 10.9. The van der Waals surface area contributed by atoms with Gasteiger partial charge in [-0.3, -0.25) is 4.79 Å². The Morgan fingerprint density at radius 1 is 1.10 bits per heavy atom. The Balaban J connectivity index is 2.09. The monoisotopic (exact) mass is 415 g/mol. The van der Waals surface area contributed by atoms with Gasteiger partial charge in [0.2, 0.25) is 5.91 Å². The van der Waals surface area contributed by atoms with Gasteiger partial charge in [-0.1, -0.05) is 6.07 Å². The lowest BCUT2D eigenvalue weighted by atomic mass is 10.1. The van der Waals surface area contributed by atoms with Gasteiger partial charge in [-0.25, -0.2) is 4.79 Å². The number of anilines is 1. The van der Waals surface area contributed by atoms with Crippen molar-refractivity contribution < 1.29 is 18.7 Å². The summed E-state index contributed by atoms with van der Waals surface area (Å²) in [6.07, 6.45) is 0. The zero-order valence-electron chi connectivity index (χ0n) is 18.8. The highest BCUT2D eigenvalue weighted by molar-refractivity contribution is 5.92. The second-order valence-corrected chi connectivity index (χ2v) is 7.77. The Kier molecular flexibility index (Phi) is 8.47. The Morgan fingerprint density at radius 2 is 1.83 bits per heavy atom. The summed E-state index contributed by atoms with van der Waals surface area (Å²) in [4.78, 5) is 29.1. The molecule has 30 heavy (non-hydrogen) atoms. The number of nitrogens with one attached hydrogen (secondary N) is 1. The topological polar surface area (TPSA) is 75.0 Å². The van der Waals surface area contributed by atoms with E-state index in [1.807, 2.05) is 65.0 Å². The maximum Gasteiger partial charge on any atom is 0.322 e. The molecule has 0 spiro atoms. The molecule has 7 heteroatoms. The van der Waals surface area contributed by atoms with Gasteiger partial charge in [0.1, 0.15) is 18.1 Å². The van der Waals surface area contributed by atoms with E-state index in [0.717, 1.165) is 16.9 Å². The molecule has 0 unspecified atom stereocenters. The molecule has 0 aliphatic heterocycles. The number of rotatable bonds is 9. The maximum atomic E-state index is 13.0. The van der Waals surface area contributed by atoms with Gasteiger partial charge in [0.15, 0.2) is 0 Å². The van der Waals surface area contributed by atoms with Gasteiger partial charge in [-0.15, -0.1) is 0 Å². The number of benzene rings is 1. The molecule has 3 amide bonds. The number of carbonyl (C=O) groups excluding carboxylic acids is 2. The van der Waals surface area contributed by atoms with Crippen molar-refractivity contribution in [2.45, 2.75) is 47.2 Å². The quantitative estimate of drug-likeness (QED) is 0.668. The predicted molar refractivity (Wildman–Crippen MR) is 118 cm³/mol. The number of ether oxygens (including phenoxy) is 1. The molecule has 0 radical (unpaired) electrons. The SMILES string of the molecule is COCCN(Cc1ccc(C)o1)C(=O)CN(C(=O)Nc1ccc(C)c(C)c1)C(C)C. The molecule has 2 rings (SSSR count). The summed E-state index contributed by atoms with van der Waals surface area (Å²) >= 11 is 0. The van der Waals surface area contributed by atoms with E-state index in [0.29, 0.717) is 31.1 Å². The van der Waals surface area contributed by atoms with Crippen LogP contribution in [0.1, 0.15) is 36.5 Å². The van der Waals surface area contributed by atoms with Crippen molar-refractivity contribution in [2.75, 3.05) is 32.1 Å². The van der Waals surface area contributed by atoms with Crippen LogP contribution in [0.15, 0.2) is 34.7 Å². The molecule has 2 aromatic rings. The van der Waals surface area contributed by atoms with Gasteiger partial charge < -0.3 is 24.3 Å². The fourth-order valence-electron chi connectivity index (χ4n) is 3.00. The molecule has 0 bridgehead atoms. The minimum Gasteiger partial charge on any atom is -0.464 e. The molecule has 7 nitrogen and oxygen atoms in total. The summed E-state index contributed by atoms with van der Waals surface area (Å²) in [5.74, 6) is 1.33. The van der Waals surface area contributed by atoms with Crippen molar-refractivity contribution in [1.82, 2.24) is 9.80 Å². The van der Waals surface area contributed by atoms with Crippen LogP contribution < -0.4 is 5.32 Å². The van der Waals surface area contributed by atoms with Gasteiger partial charge in [-0.2, -0.15) is 0 Å². The van der Waals surface area contributed by atoms with Crippen LogP contribution in [0.5, 0.6) is 0 Å². The van der Waals surface area contributed by atoms with Gasteiger partial charge in [0, 0.05) is 25.4 Å². The summed E-state index contributed by atoms with van der Waals surface area (Å²) in [5.41, 5.74) is 2.97. The third-order valence-electron chi connectivity index (χ3n) is 5.01. The molecular weight excluding hydrogens is 382 g/mol. The van der Waals surface area contributed by atoms with E-state index in [1.54, 1.807) is 12.0 Å². The van der Waals surface area contributed by atoms with E-state index in [-0.39, 0.29) is 24.5 Å². The Hall–Kier alpha value is -2.80. The summed E-state index contributed by atoms with van der Waals surface area (Å²) in [6, 6.07) is 9.04. The maximum absolute atomic E-state index is 13.0. The second kappa shape index (κ2) is 10.8. The van der Waals surface area contributed by atoms with E-state index in [4.69, 9.17) is 9.15 Å². The molecule has 0 aliphatic rings. The molecule has 0 saturated carbocycles. The van der Waals surface area contributed by atoms with Crippen molar-refractivity contribution in [3.05, 3.63) is 53.0 Å². The number of nitrogens with zero attached hydrogens (tertiary/aromatic N) is 2. The largest absolute Gasteiger partial charge is 0.464 e. The predicted octanol–water partition coefficient (Wildman–Crippen LogP) is 4.12. The molecule has 0 atom stereocenters. The van der Waals surface area contributed by atoms with Gasteiger partial charge in [0.25, 0.3) is 0 Å². The minimum absolute atomic E-state index is 0.0300. The third kappa shape index (κ3) is 6.62. The van der Waals surface area contributed by atoms with Crippen molar-refractivity contribution in [1.29, 1.82) is 0 Å². The molecule has 0 aliphatic carbocycles. The number of aryl methyl sites for hydroxylation is 3. The summed E-state index contributed by atoms with van der Waals surface area (Å²) in [6.45, 7) is 10.8. The zero-order chi connectivity index (χ0) is 22.3. The highest BCUT2D eigenvalue weighted by Crippen LogP contribution is 2.16. The van der Waals surface area contributed by atoms with E-state index in [1.165, 1.54) is 4.90 Å². The molecule has 0 fully saturated rings. The van der Waals surface area contributed by atoms with Crippen molar-refractivity contribution in [3.8, 4) is 0 Å². The molecule has 0 saturated heterocycles. The van der Waals surface area contributed by atoms with Crippen LogP contribution in [-0.4, -0.2) is 54.6 Å². The van der Waals surface area contributed by atoms with Crippen molar-refractivity contribution >= 4 is 17.6 Å². The number of hydrogen-bond donors (Lipinski definition) is 1. The molecular formula is C23H33N3O4. The van der Waals surface area contributed by atoms with Crippen LogP contribution in [0.2, 0.25) is 0 Å². The number of methoxy groups -OCH3 is 1. The van der Waals surface area contributed by atoms with Crippen LogP contribution in [0.3, 0.4) is 0 Å². The lowest BCUT2D eigenvalue weighted by Gasteiger charge is -2.30. The molecule has 1 heterocycles. The van der Waals surface area contributed by atoms with Gasteiger partial charge in [-0.05, 0) is 70.0 Å². The van der Waals surface area contributed by atoms with E-state index in [2.05, 4.69) is 5.32 Å². The van der Waals surface area contributed by atoms with Gasteiger partial charge in [0.05, 0.1) is 13.2 Å². The fraction of sp³-hybridized carbons (Fsp3) is 0.478. The number of urea groups is 1. The van der Waals surface area contributed by atoms with Crippen LogP contribution in [0, 0.1) is 20.8 Å². The zero-order valence-corrected chi connectivity index (χ0v) is 18.8. The van der Waals surface area contributed by atoms with Crippen molar-refractivity contribution in [2.24, 2.45) is 0 Å². The first-order chi connectivity index (χ1) is 14.2. The van der Waals surface area contributed by atoms with Crippen LogP contribution in [0.4, 0.5) is 10.5 Å². The molecule has 1 aromatic carbocycles. The van der Waals surface area contributed by atoms with E-state index >= 15 is 0 Å². The summed E-state index contributed by atoms with van der Waals surface area (Å²) in [7, 11) is 1.59. The van der Waals surface area contributed by atoms with E-state index in [9.17, 15) is 9.59 Å². The van der Waals surface area contributed by atoms with Crippen molar-refractivity contribution in [3.63, 3.8) is 0 Å². The first-order valence-corrected chi connectivity index (χ1v) is 10.2. The van der Waals surface area contributed by atoms with E-state index < -0.39 is 0 Å². The van der Waals surface area contributed by atoms with Crippen LogP contribution >= 0.6 is 0 Å². The fourth-order valence-corrected chi connectivity index (χ4v) is 3.00. The number of carbonyl (C=O) groups is 2. The summed E-state index contributed by atoms with van der Waals surface area (Å²) in [5, 5.41) is 2.90. The number of hydrogen-bond acceptors (Lipinski definition) is 4. The number of amides is 3. The Morgan fingerprint density at radius 3 is 2.40 bits per heavy atom. The molecule has 1 N–H and O–H groups in total. The standard InChI is InChI=1S/C23H33N3O4/c1-16(2)26(23(28)24-20-9-7-17(3)18(4)13-20)15-22(27)25(11-12-29-6)14-21-10-8-19(5)30-21/h7-10,13,16H,11-12,14-15H2,1-6H3,(H,24,28). The second-order valence-electron chi connectivity index (χ2n) is 7.77. The number of furan rings is 1. The third-order valence-corrected chi connectivity index (χ3v) is 5.01. The van der Waals surface area contributed by atoms with Crippen LogP contribution in [-0.2, 0) is 16.1 Å². The molecule has 164 valence electrons. The average Bonchev–Trinajstić information content (AvgIpc) is 3.10. The molecule has 1 aromatic heterocycles. The lowest BCUT2D eigenvalue weighted by Crippen LogP contribution is -2.47. The first kappa shape index (κ1) is 23.5. The van der Waals surface area contributed by atoms with Crippen LogP contribution in [0.25, 0.3) is 0 Å². The lowest BCUT2D eigenvalue weighted by molar-refractivity contribution is -0.133. The van der Waals surface area contributed by atoms with Gasteiger partial charge >= 0.3 is 6.03 Å². The minimum atomic E-state index is -0.304. The first-order valence-electron chi connectivity index (χ1n) is 10.2. The average molecular weight is 416 g/mol. The summed E-state index contributed by atoms with van der Waals surface area (Å²) < 4.78 is 10.8. The highest BCUT2D eigenvalue weighted by atomic mass is 16.5. The Labute approximate surface area is 179 Å². The Bertz CT molecular complexity index is 860. The highest BCUT2D eigenvalue weighted by Gasteiger charge is 2.24.